The molecule has 2 aliphatic heterocycles. The third-order valence-electron chi connectivity index (χ3n) is 4.78. The van der Waals surface area contributed by atoms with E-state index in [4.69, 9.17) is 0 Å². The molecule has 2 aromatic heterocycles. The van der Waals surface area contributed by atoms with Gasteiger partial charge in [0.25, 0.3) is 0 Å². The second kappa shape index (κ2) is 6.05. The van der Waals surface area contributed by atoms with E-state index in [0.717, 1.165) is 44.7 Å². The van der Waals surface area contributed by atoms with Gasteiger partial charge in [0.1, 0.15) is 12.2 Å². The summed E-state index contributed by atoms with van der Waals surface area (Å²) in [6.07, 6.45) is 4.52. The van der Waals surface area contributed by atoms with Gasteiger partial charge < -0.3 is 10.2 Å². The van der Waals surface area contributed by atoms with Crippen molar-refractivity contribution < 1.29 is 4.79 Å². The number of nitrogens with zero attached hydrogens (tertiary/aromatic N) is 4. The molecule has 0 aromatic carbocycles. The number of carbonyl (C=O) groups is 1. The van der Waals surface area contributed by atoms with Gasteiger partial charge in [0.2, 0.25) is 5.91 Å². The van der Waals surface area contributed by atoms with E-state index < -0.39 is 0 Å². The van der Waals surface area contributed by atoms with Crippen molar-refractivity contribution in [3.05, 3.63) is 34.0 Å². The molecular weight excluding hydrogens is 310 g/mol. The molecule has 0 aliphatic carbocycles. The van der Waals surface area contributed by atoms with Gasteiger partial charge in [0.05, 0.1) is 12.6 Å². The molecule has 122 valence electrons. The summed E-state index contributed by atoms with van der Waals surface area (Å²) in [6, 6.07) is 2.26. The Labute approximate surface area is 139 Å². The Bertz CT molecular complexity index is 709. The number of carbonyl (C=O) groups excluding carboxylic acids is 1. The first-order chi connectivity index (χ1) is 11.2. The highest BCUT2D eigenvalue weighted by molar-refractivity contribution is 7.10. The van der Waals surface area contributed by atoms with Crippen LogP contribution in [0, 0.1) is 0 Å². The molecule has 4 heterocycles. The molecular formula is C16H21N5OS. The Morgan fingerprint density at radius 2 is 2.39 bits per heavy atom. The maximum absolute atomic E-state index is 12.7. The number of fused-ring (bicyclic) bond motifs is 2. The Morgan fingerprint density at radius 1 is 1.48 bits per heavy atom. The van der Waals surface area contributed by atoms with Gasteiger partial charge in [0.15, 0.2) is 0 Å². The fourth-order valence-electron chi connectivity index (χ4n) is 3.51. The van der Waals surface area contributed by atoms with Gasteiger partial charge in [-0.2, -0.15) is 5.10 Å². The van der Waals surface area contributed by atoms with Crippen molar-refractivity contribution in [2.24, 2.45) is 0 Å². The molecule has 0 bridgehead atoms. The molecule has 23 heavy (non-hydrogen) atoms. The number of nitrogens with one attached hydrogen (secondary N) is 1. The highest BCUT2D eigenvalue weighted by Crippen LogP contribution is 2.24. The SMILES string of the molecule is C[C@@H](N[C@H]1CCc2ncnn2C1)C(=O)N1CCc2sccc2C1. The Hall–Kier alpha value is -1.73. The lowest BCUT2D eigenvalue weighted by atomic mass is 10.1. The summed E-state index contributed by atoms with van der Waals surface area (Å²) in [5.74, 6) is 1.24. The Morgan fingerprint density at radius 3 is 3.30 bits per heavy atom. The van der Waals surface area contributed by atoms with E-state index in [2.05, 4.69) is 26.8 Å². The highest BCUT2D eigenvalue weighted by atomic mass is 32.1. The quantitative estimate of drug-likeness (QED) is 0.918. The molecule has 0 spiro atoms. The predicted molar refractivity (Wildman–Crippen MR) is 88.2 cm³/mol. The lowest BCUT2D eigenvalue weighted by Crippen LogP contribution is -2.51. The van der Waals surface area contributed by atoms with Gasteiger partial charge in [-0.15, -0.1) is 11.3 Å². The first-order valence-corrected chi connectivity index (χ1v) is 9.05. The van der Waals surface area contributed by atoms with E-state index in [1.165, 1.54) is 10.4 Å². The molecule has 2 atom stereocenters. The molecule has 4 rings (SSSR count). The van der Waals surface area contributed by atoms with Crippen LogP contribution in [0.4, 0.5) is 0 Å². The minimum Gasteiger partial charge on any atom is -0.337 e. The zero-order valence-corrected chi connectivity index (χ0v) is 14.1. The van der Waals surface area contributed by atoms with E-state index >= 15 is 0 Å². The zero-order valence-electron chi connectivity index (χ0n) is 13.2. The summed E-state index contributed by atoms with van der Waals surface area (Å²) in [6.45, 7) is 4.35. The van der Waals surface area contributed by atoms with Gasteiger partial charge in [-0.1, -0.05) is 0 Å². The van der Waals surface area contributed by atoms with E-state index in [9.17, 15) is 4.79 Å². The first kappa shape index (κ1) is 14.8. The van der Waals surface area contributed by atoms with E-state index in [-0.39, 0.29) is 18.0 Å². The van der Waals surface area contributed by atoms with Crippen molar-refractivity contribution in [2.75, 3.05) is 6.54 Å². The van der Waals surface area contributed by atoms with E-state index in [0.29, 0.717) is 0 Å². The summed E-state index contributed by atoms with van der Waals surface area (Å²) in [4.78, 5) is 20.4. The molecule has 0 saturated heterocycles. The Kier molecular flexibility index (Phi) is 3.90. The summed E-state index contributed by atoms with van der Waals surface area (Å²) < 4.78 is 1.94. The van der Waals surface area contributed by atoms with Crippen LogP contribution in [-0.4, -0.2) is 44.2 Å². The smallest absolute Gasteiger partial charge is 0.239 e. The number of rotatable bonds is 3. The number of aryl methyl sites for hydroxylation is 1. The van der Waals surface area contributed by atoms with Gasteiger partial charge in [-0.05, 0) is 36.8 Å². The zero-order chi connectivity index (χ0) is 15.8. The summed E-state index contributed by atoms with van der Waals surface area (Å²) in [7, 11) is 0. The standard InChI is InChI=1S/C16H21N5OS/c1-11(19-13-2-3-15-17-10-18-21(15)9-13)16(22)20-6-4-14-12(8-20)5-7-23-14/h5,7,10-11,13,19H,2-4,6,8-9H2,1H3/t11-,13+/m1/s1. The maximum atomic E-state index is 12.7. The number of hydrogen-bond donors (Lipinski definition) is 1. The van der Waals surface area contributed by atoms with Crippen LogP contribution in [0.5, 0.6) is 0 Å². The van der Waals surface area contributed by atoms with Crippen LogP contribution in [0.15, 0.2) is 17.8 Å². The topological polar surface area (TPSA) is 63.1 Å². The van der Waals surface area contributed by atoms with Crippen LogP contribution in [0.2, 0.25) is 0 Å². The van der Waals surface area contributed by atoms with Crippen molar-refractivity contribution >= 4 is 17.2 Å². The number of hydrogen-bond acceptors (Lipinski definition) is 5. The van der Waals surface area contributed by atoms with Gasteiger partial charge >= 0.3 is 0 Å². The molecule has 0 unspecified atom stereocenters. The molecule has 2 aromatic rings. The fraction of sp³-hybridized carbons (Fsp3) is 0.562. The third kappa shape index (κ3) is 2.90. The predicted octanol–water partition coefficient (Wildman–Crippen LogP) is 1.22. The molecule has 0 radical (unpaired) electrons. The molecule has 2 aliphatic rings. The lowest BCUT2D eigenvalue weighted by Gasteiger charge is -2.32. The van der Waals surface area contributed by atoms with Crippen LogP contribution in [0.3, 0.4) is 0 Å². The Balaban J connectivity index is 1.36. The third-order valence-corrected chi connectivity index (χ3v) is 5.80. The largest absolute Gasteiger partial charge is 0.337 e. The minimum absolute atomic E-state index is 0.162. The van der Waals surface area contributed by atoms with E-state index in [1.807, 2.05) is 16.5 Å². The fourth-order valence-corrected chi connectivity index (χ4v) is 4.40. The summed E-state index contributed by atoms with van der Waals surface area (Å²) in [5.41, 5.74) is 1.31. The lowest BCUT2D eigenvalue weighted by molar-refractivity contribution is -0.134. The van der Waals surface area contributed by atoms with Crippen molar-refractivity contribution in [1.82, 2.24) is 25.0 Å². The van der Waals surface area contributed by atoms with E-state index in [1.54, 1.807) is 17.7 Å². The van der Waals surface area contributed by atoms with Crippen LogP contribution in [0.1, 0.15) is 29.6 Å². The summed E-state index contributed by atoms with van der Waals surface area (Å²) >= 11 is 1.80. The number of amides is 1. The molecule has 0 fully saturated rings. The first-order valence-electron chi connectivity index (χ1n) is 8.17. The normalized spacial score (nSPS) is 21.6. The summed E-state index contributed by atoms with van der Waals surface area (Å²) in [5, 5.41) is 9.85. The average Bonchev–Trinajstić information content (AvgIpc) is 3.21. The maximum Gasteiger partial charge on any atom is 0.239 e. The molecule has 1 N–H and O–H groups in total. The van der Waals surface area contributed by atoms with Crippen LogP contribution >= 0.6 is 11.3 Å². The number of aromatic nitrogens is 3. The van der Waals surface area contributed by atoms with Crippen LogP contribution in [-0.2, 0) is 30.7 Å². The highest BCUT2D eigenvalue weighted by Gasteiger charge is 2.28. The van der Waals surface area contributed by atoms with Crippen LogP contribution in [0.25, 0.3) is 0 Å². The molecule has 6 nitrogen and oxygen atoms in total. The monoisotopic (exact) mass is 331 g/mol. The van der Waals surface area contributed by atoms with Crippen molar-refractivity contribution in [3.63, 3.8) is 0 Å². The minimum atomic E-state index is -0.162. The van der Waals surface area contributed by atoms with Gasteiger partial charge in [0, 0.05) is 30.4 Å². The number of thiophene rings is 1. The molecule has 1 amide bonds. The van der Waals surface area contributed by atoms with Crippen LogP contribution < -0.4 is 5.32 Å². The van der Waals surface area contributed by atoms with Gasteiger partial charge in [-0.25, -0.2) is 9.67 Å². The van der Waals surface area contributed by atoms with Crippen molar-refractivity contribution in [1.29, 1.82) is 0 Å². The molecule has 7 heteroatoms. The average molecular weight is 331 g/mol. The van der Waals surface area contributed by atoms with Crippen molar-refractivity contribution in [2.45, 2.75) is 51.4 Å². The molecule has 0 saturated carbocycles. The van der Waals surface area contributed by atoms with Crippen molar-refractivity contribution in [3.8, 4) is 0 Å². The second-order valence-electron chi connectivity index (χ2n) is 6.36. The second-order valence-corrected chi connectivity index (χ2v) is 7.36. The van der Waals surface area contributed by atoms with Gasteiger partial charge in [-0.3, -0.25) is 4.79 Å².